The Morgan fingerprint density at radius 1 is 1.24 bits per heavy atom. The fraction of sp³-hybridized carbons (Fsp3) is 0.611. The fourth-order valence-corrected chi connectivity index (χ4v) is 4.47. The summed E-state index contributed by atoms with van der Waals surface area (Å²) in [7, 11) is 0. The van der Waals surface area contributed by atoms with Crippen molar-refractivity contribution in [1.29, 1.82) is 0 Å². The van der Waals surface area contributed by atoms with E-state index >= 15 is 0 Å². The van der Waals surface area contributed by atoms with Crippen LogP contribution in [0.5, 0.6) is 0 Å². The van der Waals surface area contributed by atoms with Gasteiger partial charge in [-0.25, -0.2) is 4.98 Å². The molecule has 1 unspecified atom stereocenters. The topological polar surface area (TPSA) is 58.3 Å². The molecule has 6 nitrogen and oxygen atoms in total. The van der Waals surface area contributed by atoms with E-state index in [-0.39, 0.29) is 0 Å². The predicted octanol–water partition coefficient (Wildman–Crippen LogP) is 2.92. The van der Waals surface area contributed by atoms with Gasteiger partial charge in [0.2, 0.25) is 11.7 Å². The van der Waals surface area contributed by atoms with Gasteiger partial charge in [0.15, 0.2) is 0 Å². The number of thioether (sulfide) groups is 1. The summed E-state index contributed by atoms with van der Waals surface area (Å²) in [5.74, 6) is 5.47. The van der Waals surface area contributed by atoms with Crippen molar-refractivity contribution in [1.82, 2.24) is 20.0 Å². The number of nitrogens with zero attached hydrogens (tertiary/aromatic N) is 5. The Hall–Kier alpha value is -1.60. The number of anilines is 1. The van der Waals surface area contributed by atoms with E-state index in [1.165, 1.54) is 24.3 Å². The van der Waals surface area contributed by atoms with Crippen LogP contribution in [0, 0.1) is 5.92 Å². The molecule has 7 heteroatoms. The van der Waals surface area contributed by atoms with Crippen LogP contribution in [0.2, 0.25) is 0 Å². The summed E-state index contributed by atoms with van der Waals surface area (Å²) in [6, 6.07) is 4.12. The average Bonchev–Trinajstić information content (AvgIpc) is 3.11. The largest absolute Gasteiger partial charge is 0.356 e. The lowest BCUT2D eigenvalue weighted by Crippen LogP contribution is -2.34. The molecule has 2 aromatic heterocycles. The molecule has 0 spiro atoms. The first kappa shape index (κ1) is 16.8. The van der Waals surface area contributed by atoms with Crippen molar-refractivity contribution < 1.29 is 4.52 Å². The van der Waals surface area contributed by atoms with Gasteiger partial charge in [0, 0.05) is 49.4 Å². The molecule has 0 radical (unpaired) electrons. The van der Waals surface area contributed by atoms with Crippen LogP contribution in [0.1, 0.15) is 25.7 Å². The Bertz CT molecular complexity index is 683. The Morgan fingerprint density at radius 2 is 2.12 bits per heavy atom. The molecule has 0 saturated carbocycles. The van der Waals surface area contributed by atoms with Gasteiger partial charge in [-0.1, -0.05) is 12.1 Å². The van der Waals surface area contributed by atoms with Gasteiger partial charge in [-0.3, -0.25) is 4.90 Å². The predicted molar refractivity (Wildman–Crippen MR) is 101 cm³/mol. The number of rotatable bonds is 4. The van der Waals surface area contributed by atoms with E-state index in [2.05, 4.69) is 37.9 Å². The van der Waals surface area contributed by atoms with Gasteiger partial charge in [-0.2, -0.15) is 16.7 Å². The lowest BCUT2D eigenvalue weighted by atomic mass is 10.0. The molecule has 0 amide bonds. The van der Waals surface area contributed by atoms with Crippen LogP contribution in [0.15, 0.2) is 22.9 Å². The maximum atomic E-state index is 5.43. The highest BCUT2D eigenvalue weighted by molar-refractivity contribution is 7.99. The molecule has 4 rings (SSSR count). The smallest absolute Gasteiger partial charge is 0.241 e. The highest BCUT2D eigenvalue weighted by Crippen LogP contribution is 2.23. The second-order valence-electron chi connectivity index (χ2n) is 7.00. The van der Waals surface area contributed by atoms with Crippen molar-refractivity contribution in [2.75, 3.05) is 42.6 Å². The number of hydrogen-bond donors (Lipinski definition) is 0. The van der Waals surface area contributed by atoms with Crippen molar-refractivity contribution >= 4 is 17.6 Å². The van der Waals surface area contributed by atoms with Crippen molar-refractivity contribution in [3.05, 3.63) is 24.2 Å². The summed E-state index contributed by atoms with van der Waals surface area (Å²) in [5, 5.41) is 4.13. The second-order valence-corrected chi connectivity index (χ2v) is 8.22. The van der Waals surface area contributed by atoms with E-state index in [4.69, 9.17) is 4.52 Å². The molecule has 2 fully saturated rings. The quantitative estimate of drug-likeness (QED) is 0.832. The number of hydrogen-bond acceptors (Lipinski definition) is 7. The number of piperidine rings is 1. The SMILES string of the molecule is CC1CCCN(c2ccc(-c3noc(CN4CCSCC4)n3)cn2)C1. The van der Waals surface area contributed by atoms with E-state index in [9.17, 15) is 0 Å². The van der Waals surface area contributed by atoms with Crippen LogP contribution >= 0.6 is 11.8 Å². The average molecular weight is 359 g/mol. The van der Waals surface area contributed by atoms with Gasteiger partial charge < -0.3 is 9.42 Å². The number of pyridine rings is 1. The van der Waals surface area contributed by atoms with E-state index < -0.39 is 0 Å². The van der Waals surface area contributed by atoms with Crippen molar-refractivity contribution in [2.24, 2.45) is 5.92 Å². The van der Waals surface area contributed by atoms with E-state index in [1.807, 2.05) is 24.0 Å². The third-order valence-electron chi connectivity index (χ3n) is 4.92. The zero-order chi connectivity index (χ0) is 17.1. The molecule has 2 saturated heterocycles. The van der Waals surface area contributed by atoms with Crippen LogP contribution < -0.4 is 4.90 Å². The normalized spacial score (nSPS) is 22.3. The zero-order valence-electron chi connectivity index (χ0n) is 14.7. The molecular formula is C18H25N5OS. The Labute approximate surface area is 153 Å². The molecule has 0 N–H and O–H groups in total. The molecule has 25 heavy (non-hydrogen) atoms. The van der Waals surface area contributed by atoms with Crippen LogP contribution in [0.4, 0.5) is 5.82 Å². The molecule has 134 valence electrons. The van der Waals surface area contributed by atoms with Gasteiger partial charge in [0.1, 0.15) is 5.82 Å². The van der Waals surface area contributed by atoms with Gasteiger partial charge in [-0.05, 0) is 30.9 Å². The van der Waals surface area contributed by atoms with Crippen LogP contribution in [0.3, 0.4) is 0 Å². The molecule has 2 aromatic rings. The lowest BCUT2D eigenvalue weighted by Gasteiger charge is -2.31. The minimum absolute atomic E-state index is 0.632. The Morgan fingerprint density at radius 3 is 2.88 bits per heavy atom. The summed E-state index contributed by atoms with van der Waals surface area (Å²) >= 11 is 2.00. The molecule has 1 atom stereocenters. The minimum Gasteiger partial charge on any atom is -0.356 e. The van der Waals surface area contributed by atoms with Crippen molar-refractivity contribution in [3.8, 4) is 11.4 Å². The first-order chi connectivity index (χ1) is 12.3. The van der Waals surface area contributed by atoms with E-state index in [0.29, 0.717) is 11.7 Å². The van der Waals surface area contributed by atoms with Gasteiger partial charge >= 0.3 is 0 Å². The molecular weight excluding hydrogens is 334 g/mol. The minimum atomic E-state index is 0.632. The standard InChI is InChI=1S/C18H25N5OS/c1-14-3-2-6-23(12-14)16-5-4-15(11-19-16)18-20-17(24-21-18)13-22-7-9-25-10-8-22/h4-5,11,14H,2-3,6-10,12-13H2,1H3. The molecule has 4 heterocycles. The summed E-state index contributed by atoms with van der Waals surface area (Å²) in [6.07, 6.45) is 4.42. The highest BCUT2D eigenvalue weighted by atomic mass is 32.2. The third-order valence-corrected chi connectivity index (χ3v) is 5.86. The Kier molecular flexibility index (Phi) is 5.22. The monoisotopic (exact) mass is 359 g/mol. The van der Waals surface area contributed by atoms with Crippen LogP contribution in [0.25, 0.3) is 11.4 Å². The maximum absolute atomic E-state index is 5.43. The van der Waals surface area contributed by atoms with Crippen LogP contribution in [-0.2, 0) is 6.54 Å². The lowest BCUT2D eigenvalue weighted by molar-refractivity contribution is 0.245. The molecule has 2 aliphatic rings. The summed E-state index contributed by atoms with van der Waals surface area (Å²) < 4.78 is 5.43. The fourth-order valence-electron chi connectivity index (χ4n) is 3.49. The summed E-state index contributed by atoms with van der Waals surface area (Å²) in [4.78, 5) is 13.9. The molecule has 0 aliphatic carbocycles. The summed E-state index contributed by atoms with van der Waals surface area (Å²) in [5.41, 5.74) is 0.915. The zero-order valence-corrected chi connectivity index (χ0v) is 15.5. The first-order valence-electron chi connectivity index (χ1n) is 9.12. The van der Waals surface area contributed by atoms with Gasteiger partial charge in [0.25, 0.3) is 0 Å². The van der Waals surface area contributed by atoms with Gasteiger partial charge in [0.05, 0.1) is 6.54 Å². The highest BCUT2D eigenvalue weighted by Gasteiger charge is 2.18. The maximum Gasteiger partial charge on any atom is 0.241 e. The van der Waals surface area contributed by atoms with E-state index in [1.54, 1.807) is 0 Å². The van der Waals surface area contributed by atoms with Crippen molar-refractivity contribution in [2.45, 2.75) is 26.3 Å². The van der Waals surface area contributed by atoms with Crippen molar-refractivity contribution in [3.63, 3.8) is 0 Å². The second kappa shape index (κ2) is 7.74. The number of aromatic nitrogens is 3. The van der Waals surface area contributed by atoms with Gasteiger partial charge in [-0.15, -0.1) is 0 Å². The first-order valence-corrected chi connectivity index (χ1v) is 10.3. The van der Waals surface area contributed by atoms with E-state index in [0.717, 1.165) is 50.0 Å². The van der Waals surface area contributed by atoms with Crippen LogP contribution in [-0.4, -0.2) is 57.7 Å². The molecule has 0 bridgehead atoms. The third kappa shape index (κ3) is 4.15. The Balaban J connectivity index is 1.41. The summed E-state index contributed by atoms with van der Waals surface area (Å²) in [6.45, 7) is 7.41. The molecule has 0 aromatic carbocycles. The molecule has 2 aliphatic heterocycles.